The van der Waals surface area contributed by atoms with Crippen molar-refractivity contribution in [2.45, 2.75) is 44.0 Å². The summed E-state index contributed by atoms with van der Waals surface area (Å²) >= 11 is 7.88. The number of aliphatic hydroxyl groups is 1. The van der Waals surface area contributed by atoms with Crippen LogP contribution in [0, 0.1) is 5.82 Å². The second-order valence-electron chi connectivity index (χ2n) is 9.88. The van der Waals surface area contributed by atoms with Crippen LogP contribution in [0.2, 0.25) is 5.02 Å². The van der Waals surface area contributed by atoms with Gasteiger partial charge in [-0.05, 0) is 31.0 Å². The van der Waals surface area contributed by atoms with Crippen LogP contribution in [-0.4, -0.2) is 73.3 Å². The first-order valence-electron chi connectivity index (χ1n) is 12.8. The summed E-state index contributed by atoms with van der Waals surface area (Å²) in [5, 5.41) is 19.8. The van der Waals surface area contributed by atoms with Crippen molar-refractivity contribution in [1.29, 1.82) is 0 Å². The zero-order valence-electron chi connectivity index (χ0n) is 21.1. The number of carbonyl (C=O) groups excluding carboxylic acids is 1. The Bertz CT molecular complexity index is 1480. The summed E-state index contributed by atoms with van der Waals surface area (Å²) in [6.45, 7) is -1.66. The van der Waals surface area contributed by atoms with Crippen molar-refractivity contribution in [3.8, 4) is 0 Å². The van der Waals surface area contributed by atoms with Crippen molar-refractivity contribution in [2.75, 3.05) is 19.6 Å². The second-order valence-corrected chi connectivity index (χ2v) is 11.2. The minimum absolute atomic E-state index is 0.138. The topological polar surface area (TPSA) is 98.9 Å². The third-order valence-electron chi connectivity index (χ3n) is 7.24. The Balaban J connectivity index is 1.43. The van der Waals surface area contributed by atoms with Gasteiger partial charge in [-0.1, -0.05) is 17.7 Å². The minimum Gasteiger partial charge on any atom is -0.391 e. The van der Waals surface area contributed by atoms with Gasteiger partial charge in [-0.15, -0.1) is 11.3 Å². The van der Waals surface area contributed by atoms with E-state index >= 15 is 0 Å². The summed E-state index contributed by atoms with van der Waals surface area (Å²) in [5.74, 6) is 0.0237. The lowest BCUT2D eigenvalue weighted by atomic mass is 9.92. The Hall–Kier alpha value is -3.42. The Morgan fingerprint density at radius 1 is 1.25 bits per heavy atom. The number of nitrogens with zero attached hydrogens (tertiary/aromatic N) is 6. The number of fused-ring (bicyclic) bond motifs is 1. The molecule has 0 aliphatic carbocycles. The number of thiazole rings is 1. The highest BCUT2D eigenvalue weighted by Gasteiger charge is 2.41. The Kier molecular flexibility index (Phi) is 7.27. The van der Waals surface area contributed by atoms with Gasteiger partial charge in [0.15, 0.2) is 10.8 Å². The predicted octanol–water partition coefficient (Wildman–Crippen LogP) is 4.68. The number of aromatic nitrogens is 3. The molecule has 2 aromatic heterocycles. The number of rotatable bonds is 5. The highest BCUT2D eigenvalue weighted by Crippen LogP contribution is 2.46. The molecule has 2 saturated heterocycles. The summed E-state index contributed by atoms with van der Waals surface area (Å²) in [6, 6.07) is 4.07. The molecule has 0 bridgehead atoms. The number of urea groups is 1. The zero-order valence-corrected chi connectivity index (χ0v) is 22.6. The number of nitrogens with one attached hydrogen (secondary N) is 1. The van der Waals surface area contributed by atoms with Crippen LogP contribution < -0.4 is 5.32 Å². The lowest BCUT2D eigenvalue weighted by Crippen LogP contribution is -2.50. The standard InChI is InChI=1S/C26H25ClF3N7O2S/c27-18-10-14(28)3-4-17(18)22-21(19-5-8-37(34-19)25(29)30)20-11-15(32-26(39)35-7-1-2-16(38)13-35)12-36(20)23(33-22)24-31-6-9-40-24/h3-6,8-10,15-16,22,25,38H,1-2,7,11-13H2,(H,32,39)/t15-,16+,22-/m0/s1. The molecule has 2 N–H and O–H groups in total. The van der Waals surface area contributed by atoms with E-state index in [2.05, 4.69) is 15.4 Å². The van der Waals surface area contributed by atoms with Gasteiger partial charge < -0.3 is 20.2 Å². The fraction of sp³-hybridized carbons (Fsp3) is 0.385. The molecular weight excluding hydrogens is 567 g/mol. The number of aliphatic hydroxyl groups excluding tert-OH is 1. The third-order valence-corrected chi connectivity index (χ3v) is 8.33. The molecule has 3 atom stereocenters. The summed E-state index contributed by atoms with van der Waals surface area (Å²) in [5.41, 5.74) is 2.03. The maximum absolute atomic E-state index is 14.0. The monoisotopic (exact) mass is 591 g/mol. The summed E-state index contributed by atoms with van der Waals surface area (Å²) in [6.07, 6.45) is 4.02. The molecule has 0 spiro atoms. The first kappa shape index (κ1) is 26.8. The van der Waals surface area contributed by atoms with Crippen molar-refractivity contribution in [2.24, 2.45) is 4.99 Å². The quantitative estimate of drug-likeness (QED) is 0.449. The molecule has 3 aromatic rings. The van der Waals surface area contributed by atoms with Gasteiger partial charge in [0.1, 0.15) is 11.9 Å². The van der Waals surface area contributed by atoms with Crippen LogP contribution >= 0.6 is 22.9 Å². The van der Waals surface area contributed by atoms with E-state index in [1.807, 2.05) is 10.3 Å². The molecule has 3 aliphatic rings. The first-order valence-corrected chi connectivity index (χ1v) is 14.0. The van der Waals surface area contributed by atoms with Crippen LogP contribution in [0.15, 0.2) is 52.7 Å². The second kappa shape index (κ2) is 10.9. The number of hydrogen-bond acceptors (Lipinski definition) is 7. The number of alkyl halides is 2. The molecule has 1 aromatic carbocycles. The summed E-state index contributed by atoms with van der Waals surface area (Å²) in [7, 11) is 0. The molecule has 2 amide bonds. The van der Waals surface area contributed by atoms with Crippen LogP contribution in [0.5, 0.6) is 0 Å². The van der Waals surface area contributed by atoms with Crippen LogP contribution in [0.3, 0.4) is 0 Å². The van der Waals surface area contributed by atoms with Gasteiger partial charge in [0, 0.05) is 65.7 Å². The largest absolute Gasteiger partial charge is 0.391 e. The highest BCUT2D eigenvalue weighted by atomic mass is 35.5. The number of carbonyl (C=O) groups is 1. The molecule has 0 radical (unpaired) electrons. The molecule has 6 rings (SSSR count). The summed E-state index contributed by atoms with van der Waals surface area (Å²) in [4.78, 5) is 26.0. The smallest absolute Gasteiger partial charge is 0.333 e. The van der Waals surface area contributed by atoms with E-state index in [9.17, 15) is 23.1 Å². The number of likely N-dealkylation sites (tertiary alicyclic amines) is 1. The molecule has 14 heteroatoms. The lowest BCUT2D eigenvalue weighted by Gasteiger charge is -2.32. The molecule has 40 heavy (non-hydrogen) atoms. The lowest BCUT2D eigenvalue weighted by molar-refractivity contribution is 0.0564. The van der Waals surface area contributed by atoms with Crippen molar-refractivity contribution in [3.63, 3.8) is 0 Å². The van der Waals surface area contributed by atoms with Crippen LogP contribution in [0.1, 0.15) is 48.1 Å². The Labute approximate surface area is 236 Å². The number of benzene rings is 1. The average molecular weight is 592 g/mol. The maximum atomic E-state index is 14.0. The van der Waals surface area contributed by atoms with Gasteiger partial charge >= 0.3 is 12.6 Å². The van der Waals surface area contributed by atoms with E-state index in [0.717, 1.165) is 5.70 Å². The fourth-order valence-electron chi connectivity index (χ4n) is 5.46. The predicted molar refractivity (Wildman–Crippen MR) is 144 cm³/mol. The molecule has 3 aliphatic heterocycles. The van der Waals surface area contributed by atoms with Gasteiger partial charge in [0.05, 0.1) is 17.8 Å². The zero-order chi connectivity index (χ0) is 28.0. The third kappa shape index (κ3) is 5.08. The number of β-amino-alcohol motifs (C(OH)–C–C–N with tert-alkyl or cyclic N) is 1. The molecule has 9 nitrogen and oxygen atoms in total. The molecule has 0 unspecified atom stereocenters. The van der Waals surface area contributed by atoms with Gasteiger partial charge in [-0.3, -0.25) is 4.99 Å². The van der Waals surface area contributed by atoms with E-state index in [4.69, 9.17) is 16.6 Å². The number of hydrogen-bond donors (Lipinski definition) is 2. The number of amidine groups is 1. The number of amides is 2. The Morgan fingerprint density at radius 2 is 2.10 bits per heavy atom. The van der Waals surface area contributed by atoms with Crippen molar-refractivity contribution in [3.05, 3.63) is 74.8 Å². The van der Waals surface area contributed by atoms with Gasteiger partial charge in [-0.25, -0.2) is 18.9 Å². The van der Waals surface area contributed by atoms with Gasteiger partial charge in [-0.2, -0.15) is 13.9 Å². The van der Waals surface area contributed by atoms with Crippen molar-refractivity contribution < 1.29 is 23.1 Å². The van der Waals surface area contributed by atoms with E-state index in [-0.39, 0.29) is 29.3 Å². The number of piperidine rings is 1. The fourth-order valence-corrected chi connectivity index (χ4v) is 6.37. The molecule has 0 saturated carbocycles. The maximum Gasteiger partial charge on any atom is 0.333 e. The normalized spacial score (nSPS) is 23.1. The number of aliphatic imine (C=N–C) groups is 1. The molecule has 2 fully saturated rings. The van der Waals surface area contributed by atoms with Crippen LogP contribution in [0.4, 0.5) is 18.0 Å². The minimum atomic E-state index is -2.84. The van der Waals surface area contributed by atoms with E-state index < -0.39 is 24.5 Å². The van der Waals surface area contributed by atoms with E-state index in [0.29, 0.717) is 59.0 Å². The molecule has 5 heterocycles. The number of halogens is 4. The van der Waals surface area contributed by atoms with Gasteiger partial charge in [0.2, 0.25) is 0 Å². The first-order chi connectivity index (χ1) is 19.3. The van der Waals surface area contributed by atoms with E-state index in [1.165, 1.54) is 41.8 Å². The molecule has 210 valence electrons. The van der Waals surface area contributed by atoms with Crippen molar-refractivity contribution in [1.82, 2.24) is 29.9 Å². The van der Waals surface area contributed by atoms with Gasteiger partial charge in [0.25, 0.3) is 0 Å². The molecular formula is C26H25ClF3N7O2S. The van der Waals surface area contributed by atoms with Crippen LogP contribution in [-0.2, 0) is 0 Å². The summed E-state index contributed by atoms with van der Waals surface area (Å²) < 4.78 is 41.6. The Morgan fingerprint density at radius 3 is 2.80 bits per heavy atom. The highest BCUT2D eigenvalue weighted by molar-refractivity contribution is 7.11. The van der Waals surface area contributed by atoms with E-state index in [1.54, 1.807) is 11.1 Å². The van der Waals surface area contributed by atoms with Crippen LogP contribution in [0.25, 0.3) is 5.57 Å². The van der Waals surface area contributed by atoms with Crippen molar-refractivity contribution >= 4 is 40.4 Å². The average Bonchev–Trinajstić information content (AvgIpc) is 3.69. The SMILES string of the molecule is O=C(N[C@H]1CC2=C(c3ccn(C(F)F)n3)[C@H](c3ccc(F)cc3Cl)N=C(c3nccs3)N2C1)N1CCC[C@@H](O)C1.